The highest BCUT2D eigenvalue weighted by molar-refractivity contribution is 6.18. The van der Waals surface area contributed by atoms with E-state index in [0.29, 0.717) is 5.88 Å². The van der Waals surface area contributed by atoms with E-state index in [9.17, 15) is 0 Å². The Labute approximate surface area is 61.5 Å². The zero-order valence-electron chi connectivity index (χ0n) is 5.87. The van der Waals surface area contributed by atoms with Gasteiger partial charge in [-0.25, -0.2) is 0 Å². The molecule has 0 spiro atoms. The van der Waals surface area contributed by atoms with Crippen LogP contribution in [0.4, 0.5) is 0 Å². The normalized spacial score (nSPS) is 7.44. The molecule has 0 fully saturated rings. The third kappa shape index (κ3) is 5.46. The summed E-state index contributed by atoms with van der Waals surface area (Å²) in [5.41, 5.74) is 7.01. The second-order valence-corrected chi connectivity index (χ2v) is 2.07. The summed E-state index contributed by atoms with van der Waals surface area (Å²) in [7, 11) is 0. The molecule has 0 aromatic carbocycles. The zero-order chi connectivity index (χ0) is 7.11. The summed E-state index contributed by atoms with van der Waals surface area (Å²) in [5.74, 6) is 0.518. The third-order valence-corrected chi connectivity index (χ3v) is 1.15. The molecule has 0 atom stereocenters. The van der Waals surface area contributed by atoms with Gasteiger partial charge >= 0.3 is 0 Å². The van der Waals surface area contributed by atoms with Gasteiger partial charge in [0.05, 0.1) is 0 Å². The molecule has 0 unspecified atom stereocenters. The highest BCUT2D eigenvalue weighted by atomic mass is 35.5. The van der Waals surface area contributed by atoms with E-state index in [1.165, 1.54) is 5.57 Å². The van der Waals surface area contributed by atoms with Crippen molar-refractivity contribution >= 4 is 11.6 Å². The van der Waals surface area contributed by atoms with Gasteiger partial charge < -0.3 is 0 Å². The number of hydrogen-bond donors (Lipinski definition) is 0. The summed E-state index contributed by atoms with van der Waals surface area (Å²) in [6, 6.07) is 0. The predicted octanol–water partition coefficient (Wildman–Crippen LogP) is 2.89. The molecule has 0 aliphatic heterocycles. The molecular weight excluding hydrogens is 132 g/mol. The number of hydrogen-bond acceptors (Lipinski definition) is 0. The average molecular weight is 143 g/mol. The van der Waals surface area contributed by atoms with Crippen molar-refractivity contribution in [1.82, 2.24) is 0 Å². The van der Waals surface area contributed by atoms with Crippen molar-refractivity contribution in [1.29, 1.82) is 0 Å². The van der Waals surface area contributed by atoms with Crippen LogP contribution >= 0.6 is 11.6 Å². The predicted molar refractivity (Wildman–Crippen MR) is 41.8 cm³/mol. The quantitative estimate of drug-likeness (QED) is 0.411. The Hall–Kier alpha value is -0.410. The van der Waals surface area contributed by atoms with Gasteiger partial charge in [-0.2, -0.15) is 0 Å². The van der Waals surface area contributed by atoms with E-state index in [1.54, 1.807) is 6.08 Å². The van der Waals surface area contributed by atoms with Gasteiger partial charge in [0.15, 0.2) is 0 Å². The molecule has 0 saturated carbocycles. The first-order valence-electron chi connectivity index (χ1n) is 3.02. The van der Waals surface area contributed by atoms with E-state index < -0.39 is 0 Å². The molecule has 0 bridgehead atoms. The van der Waals surface area contributed by atoms with Gasteiger partial charge in [0.1, 0.15) is 0 Å². The molecule has 50 valence electrons. The molecule has 1 heteroatoms. The standard InChI is InChI=1S/C8H11Cl/c1-3-8(2)6-4-5-7-9/h5H,3,7H2,1-2H3. The Kier molecular flexibility index (Phi) is 5.46. The first-order chi connectivity index (χ1) is 4.31. The van der Waals surface area contributed by atoms with E-state index >= 15 is 0 Å². The molecular formula is C8H11Cl. The molecule has 0 rings (SSSR count). The molecule has 0 aromatic rings. The number of allylic oxidation sites excluding steroid dienone is 2. The smallest absolute Gasteiger partial charge is 0.0485 e. The Bertz CT molecular complexity index is 155. The van der Waals surface area contributed by atoms with Crippen molar-refractivity contribution in [3.63, 3.8) is 0 Å². The Balaban J connectivity index is 4.06. The highest BCUT2D eigenvalue weighted by Crippen LogP contribution is 1.92. The van der Waals surface area contributed by atoms with Crippen LogP contribution in [0.2, 0.25) is 0 Å². The van der Waals surface area contributed by atoms with Gasteiger partial charge in [0.2, 0.25) is 0 Å². The van der Waals surface area contributed by atoms with E-state index in [0.717, 1.165) is 6.42 Å². The molecule has 0 amide bonds. The SMILES string of the molecule is CCC(C)=C=C=CCCl. The summed E-state index contributed by atoms with van der Waals surface area (Å²) in [4.78, 5) is 0. The van der Waals surface area contributed by atoms with E-state index in [2.05, 4.69) is 18.4 Å². The van der Waals surface area contributed by atoms with Crippen LogP contribution in [0.25, 0.3) is 0 Å². The monoisotopic (exact) mass is 142 g/mol. The van der Waals surface area contributed by atoms with Crippen LogP contribution in [0.15, 0.2) is 23.1 Å². The van der Waals surface area contributed by atoms with Crippen molar-refractivity contribution in [2.45, 2.75) is 20.3 Å². The van der Waals surface area contributed by atoms with Crippen molar-refractivity contribution in [2.75, 3.05) is 5.88 Å². The van der Waals surface area contributed by atoms with Gasteiger partial charge in [-0.05, 0) is 25.0 Å². The summed E-state index contributed by atoms with van der Waals surface area (Å²) >= 11 is 5.36. The van der Waals surface area contributed by atoms with Gasteiger partial charge in [-0.15, -0.1) is 11.6 Å². The molecule has 0 saturated heterocycles. The van der Waals surface area contributed by atoms with Crippen LogP contribution in [0.3, 0.4) is 0 Å². The maximum absolute atomic E-state index is 5.36. The lowest BCUT2D eigenvalue weighted by Gasteiger charge is -1.80. The number of halogens is 1. The Morgan fingerprint density at radius 3 is 2.78 bits per heavy atom. The minimum absolute atomic E-state index is 0.518. The highest BCUT2D eigenvalue weighted by Gasteiger charge is 1.74. The summed E-state index contributed by atoms with van der Waals surface area (Å²) in [6.07, 6.45) is 2.78. The lowest BCUT2D eigenvalue weighted by Crippen LogP contribution is -1.62. The second kappa shape index (κ2) is 5.72. The summed E-state index contributed by atoms with van der Waals surface area (Å²) < 4.78 is 0. The van der Waals surface area contributed by atoms with Gasteiger partial charge in [0, 0.05) is 5.88 Å². The van der Waals surface area contributed by atoms with Crippen LogP contribution < -0.4 is 0 Å². The lowest BCUT2D eigenvalue weighted by molar-refractivity contribution is 1.11. The summed E-state index contributed by atoms with van der Waals surface area (Å²) in [5, 5.41) is 0. The Morgan fingerprint density at radius 2 is 2.33 bits per heavy atom. The lowest BCUT2D eigenvalue weighted by atomic mass is 10.2. The van der Waals surface area contributed by atoms with E-state index in [4.69, 9.17) is 11.6 Å². The average Bonchev–Trinajstić information content (AvgIpc) is 1.89. The molecule has 9 heavy (non-hydrogen) atoms. The van der Waals surface area contributed by atoms with Gasteiger partial charge in [-0.3, -0.25) is 0 Å². The van der Waals surface area contributed by atoms with Crippen molar-refractivity contribution < 1.29 is 0 Å². The largest absolute Gasteiger partial charge is 0.122 e. The fourth-order valence-electron chi connectivity index (χ4n) is 0.301. The van der Waals surface area contributed by atoms with Crippen LogP contribution in [0, 0.1) is 0 Å². The fourth-order valence-corrected chi connectivity index (χ4v) is 0.378. The third-order valence-electron chi connectivity index (χ3n) is 0.995. The minimum atomic E-state index is 0.518. The van der Waals surface area contributed by atoms with Crippen molar-refractivity contribution in [3.05, 3.63) is 23.1 Å². The maximum Gasteiger partial charge on any atom is 0.0485 e. The van der Waals surface area contributed by atoms with Crippen LogP contribution in [0.1, 0.15) is 20.3 Å². The number of rotatable bonds is 2. The number of alkyl halides is 1. The van der Waals surface area contributed by atoms with Crippen LogP contribution in [-0.2, 0) is 0 Å². The first kappa shape index (κ1) is 8.59. The van der Waals surface area contributed by atoms with Crippen LogP contribution in [0.5, 0.6) is 0 Å². The first-order valence-corrected chi connectivity index (χ1v) is 3.56. The molecule has 0 heterocycles. The molecule has 0 aliphatic carbocycles. The minimum Gasteiger partial charge on any atom is -0.122 e. The molecule has 0 nitrogen and oxygen atoms in total. The molecule has 0 aromatic heterocycles. The van der Waals surface area contributed by atoms with Crippen molar-refractivity contribution in [2.24, 2.45) is 0 Å². The summed E-state index contributed by atoms with van der Waals surface area (Å²) in [6.45, 7) is 4.11. The molecule has 0 N–H and O–H groups in total. The van der Waals surface area contributed by atoms with Gasteiger partial charge in [0.25, 0.3) is 0 Å². The molecule has 0 radical (unpaired) electrons. The Morgan fingerprint density at radius 1 is 1.67 bits per heavy atom. The van der Waals surface area contributed by atoms with Crippen LogP contribution in [-0.4, -0.2) is 5.88 Å². The maximum atomic E-state index is 5.36. The zero-order valence-corrected chi connectivity index (χ0v) is 6.63. The molecule has 0 aliphatic rings. The fraction of sp³-hybridized carbons (Fsp3) is 0.500. The second-order valence-electron chi connectivity index (χ2n) is 1.76. The van der Waals surface area contributed by atoms with E-state index in [1.807, 2.05) is 6.92 Å². The van der Waals surface area contributed by atoms with Crippen molar-refractivity contribution in [3.8, 4) is 0 Å². The van der Waals surface area contributed by atoms with Gasteiger partial charge in [-0.1, -0.05) is 18.4 Å². The van der Waals surface area contributed by atoms with E-state index in [-0.39, 0.29) is 0 Å². The topological polar surface area (TPSA) is 0 Å².